The van der Waals surface area contributed by atoms with Crippen molar-refractivity contribution in [2.24, 2.45) is 5.92 Å². The molecule has 3 atom stereocenters. The van der Waals surface area contributed by atoms with E-state index >= 15 is 0 Å². The predicted molar refractivity (Wildman–Crippen MR) is 74.7 cm³/mol. The molecule has 0 saturated heterocycles. The number of aliphatic carboxylic acids is 1. The summed E-state index contributed by atoms with van der Waals surface area (Å²) in [7, 11) is 3.13. The van der Waals surface area contributed by atoms with Gasteiger partial charge in [0, 0.05) is 26.8 Å². The number of hydrogen-bond acceptors (Lipinski definition) is 4. The van der Waals surface area contributed by atoms with Crippen LogP contribution in [-0.4, -0.2) is 68.1 Å². The van der Waals surface area contributed by atoms with E-state index in [-0.39, 0.29) is 12.1 Å². The van der Waals surface area contributed by atoms with E-state index in [9.17, 15) is 9.59 Å². The quantitative estimate of drug-likeness (QED) is 0.655. The minimum Gasteiger partial charge on any atom is -0.481 e. The summed E-state index contributed by atoms with van der Waals surface area (Å²) in [5.74, 6) is -1.59. The Hall–Kier alpha value is -1.34. The van der Waals surface area contributed by atoms with Crippen LogP contribution in [-0.2, 0) is 14.3 Å². The first kappa shape index (κ1) is 18.7. The standard InChI is InChI=1S/C13H26N2O5/c1-9(8-20-5)15(6-7-19-4)13(18)14-11(3)10(2)12(16)17/h9-11H,6-8H2,1-5H3,(H,14,18)(H,16,17). The summed E-state index contributed by atoms with van der Waals surface area (Å²) in [4.78, 5) is 24.7. The molecule has 7 heteroatoms. The number of urea groups is 1. The highest BCUT2D eigenvalue weighted by molar-refractivity contribution is 5.76. The molecule has 7 nitrogen and oxygen atoms in total. The Balaban J connectivity index is 4.64. The van der Waals surface area contributed by atoms with E-state index in [0.29, 0.717) is 19.8 Å². The van der Waals surface area contributed by atoms with Crippen molar-refractivity contribution in [3.05, 3.63) is 0 Å². The molecule has 3 unspecified atom stereocenters. The third-order valence-electron chi connectivity index (χ3n) is 3.23. The van der Waals surface area contributed by atoms with Crippen molar-refractivity contribution in [3.8, 4) is 0 Å². The zero-order chi connectivity index (χ0) is 15.7. The number of amides is 2. The number of nitrogens with zero attached hydrogens (tertiary/aromatic N) is 1. The molecule has 0 fully saturated rings. The van der Waals surface area contributed by atoms with E-state index in [0.717, 1.165) is 0 Å². The molecule has 0 spiro atoms. The zero-order valence-electron chi connectivity index (χ0n) is 12.9. The zero-order valence-corrected chi connectivity index (χ0v) is 12.9. The highest BCUT2D eigenvalue weighted by atomic mass is 16.5. The molecule has 0 aliphatic heterocycles. The summed E-state index contributed by atoms with van der Waals surface area (Å²) in [6.07, 6.45) is 0. The average Bonchev–Trinajstić information content (AvgIpc) is 2.38. The molecule has 20 heavy (non-hydrogen) atoms. The van der Waals surface area contributed by atoms with Crippen molar-refractivity contribution < 1.29 is 24.2 Å². The van der Waals surface area contributed by atoms with Crippen molar-refractivity contribution in [2.75, 3.05) is 34.0 Å². The molecule has 0 saturated carbocycles. The van der Waals surface area contributed by atoms with Crippen molar-refractivity contribution in [1.29, 1.82) is 0 Å². The second-order valence-electron chi connectivity index (χ2n) is 4.86. The monoisotopic (exact) mass is 290 g/mol. The van der Waals surface area contributed by atoms with Gasteiger partial charge in [-0.2, -0.15) is 0 Å². The number of nitrogens with one attached hydrogen (secondary N) is 1. The normalized spacial score (nSPS) is 15.2. The summed E-state index contributed by atoms with van der Waals surface area (Å²) in [5, 5.41) is 11.6. The van der Waals surface area contributed by atoms with E-state index < -0.39 is 17.9 Å². The van der Waals surface area contributed by atoms with Crippen LogP contribution >= 0.6 is 0 Å². The number of hydrogen-bond donors (Lipinski definition) is 2. The van der Waals surface area contributed by atoms with Crippen LogP contribution in [0.15, 0.2) is 0 Å². The fourth-order valence-corrected chi connectivity index (χ4v) is 1.66. The van der Waals surface area contributed by atoms with Gasteiger partial charge >= 0.3 is 12.0 Å². The van der Waals surface area contributed by atoms with E-state index in [2.05, 4.69) is 5.32 Å². The molecule has 0 rings (SSSR count). The van der Waals surface area contributed by atoms with E-state index in [1.165, 1.54) is 0 Å². The van der Waals surface area contributed by atoms with Crippen LogP contribution < -0.4 is 5.32 Å². The van der Waals surface area contributed by atoms with Crippen molar-refractivity contribution in [1.82, 2.24) is 10.2 Å². The van der Waals surface area contributed by atoms with E-state index in [1.54, 1.807) is 33.0 Å². The number of carbonyl (C=O) groups is 2. The van der Waals surface area contributed by atoms with Gasteiger partial charge in [0.05, 0.1) is 25.2 Å². The lowest BCUT2D eigenvalue weighted by Crippen LogP contribution is -2.52. The number of carboxylic acid groups (broad SMARTS) is 1. The first-order valence-corrected chi connectivity index (χ1v) is 6.62. The van der Waals surface area contributed by atoms with E-state index in [4.69, 9.17) is 14.6 Å². The van der Waals surface area contributed by atoms with Crippen LogP contribution in [0.2, 0.25) is 0 Å². The highest BCUT2D eigenvalue weighted by Crippen LogP contribution is 2.06. The fourth-order valence-electron chi connectivity index (χ4n) is 1.66. The van der Waals surface area contributed by atoms with E-state index in [1.807, 2.05) is 6.92 Å². The molecule has 0 aromatic heterocycles. The smallest absolute Gasteiger partial charge is 0.318 e. The van der Waals surface area contributed by atoms with Crippen LogP contribution in [0.4, 0.5) is 4.79 Å². The molecular formula is C13H26N2O5. The van der Waals surface area contributed by atoms with Gasteiger partial charge in [0.1, 0.15) is 0 Å². The Morgan fingerprint density at radius 3 is 2.25 bits per heavy atom. The minimum absolute atomic E-state index is 0.123. The topological polar surface area (TPSA) is 88.1 Å². The molecule has 0 aliphatic rings. The molecule has 2 N–H and O–H groups in total. The first-order valence-electron chi connectivity index (χ1n) is 6.62. The third-order valence-corrected chi connectivity index (χ3v) is 3.23. The molecule has 0 radical (unpaired) electrons. The van der Waals surface area contributed by atoms with Gasteiger partial charge < -0.3 is 24.8 Å². The maximum atomic E-state index is 12.2. The molecule has 118 valence electrons. The molecule has 0 bridgehead atoms. The third kappa shape index (κ3) is 6.21. The van der Waals surface area contributed by atoms with Gasteiger partial charge in [0.25, 0.3) is 0 Å². The predicted octanol–water partition coefficient (Wildman–Crippen LogP) is 0.789. The van der Waals surface area contributed by atoms with Gasteiger partial charge in [-0.25, -0.2) is 4.79 Å². The van der Waals surface area contributed by atoms with Gasteiger partial charge in [-0.1, -0.05) is 0 Å². The Labute approximate surface area is 120 Å². The largest absolute Gasteiger partial charge is 0.481 e. The van der Waals surface area contributed by atoms with Crippen molar-refractivity contribution in [3.63, 3.8) is 0 Å². The lowest BCUT2D eigenvalue weighted by Gasteiger charge is -2.30. The van der Waals surface area contributed by atoms with Crippen LogP contribution in [0.3, 0.4) is 0 Å². The summed E-state index contributed by atoms with van der Waals surface area (Å²) in [5.41, 5.74) is 0. The Morgan fingerprint density at radius 1 is 1.20 bits per heavy atom. The van der Waals surface area contributed by atoms with Crippen LogP contribution in [0.25, 0.3) is 0 Å². The molecule has 0 aromatic carbocycles. The molecular weight excluding hydrogens is 264 g/mol. The number of carbonyl (C=O) groups excluding carboxylic acids is 1. The average molecular weight is 290 g/mol. The van der Waals surface area contributed by atoms with Gasteiger partial charge in [-0.3, -0.25) is 4.79 Å². The number of ether oxygens (including phenoxy) is 2. The summed E-state index contributed by atoms with van der Waals surface area (Å²) >= 11 is 0. The molecule has 0 heterocycles. The summed E-state index contributed by atoms with van der Waals surface area (Å²) in [6.45, 7) is 6.33. The van der Waals surface area contributed by atoms with Gasteiger partial charge in [-0.05, 0) is 20.8 Å². The SMILES string of the molecule is COCCN(C(=O)NC(C)C(C)C(=O)O)C(C)COC. The van der Waals surface area contributed by atoms with Gasteiger partial charge in [-0.15, -0.1) is 0 Å². The molecule has 0 aliphatic carbocycles. The minimum atomic E-state index is -0.939. The number of methoxy groups -OCH3 is 2. The summed E-state index contributed by atoms with van der Waals surface area (Å²) < 4.78 is 10.0. The number of carboxylic acids is 1. The fraction of sp³-hybridized carbons (Fsp3) is 0.846. The summed E-state index contributed by atoms with van der Waals surface area (Å²) in [6, 6.07) is -0.894. The second-order valence-corrected chi connectivity index (χ2v) is 4.86. The van der Waals surface area contributed by atoms with Gasteiger partial charge in [0.15, 0.2) is 0 Å². The Kier molecular flexibility index (Phi) is 8.91. The number of rotatable bonds is 9. The van der Waals surface area contributed by atoms with Gasteiger partial charge in [0.2, 0.25) is 0 Å². The highest BCUT2D eigenvalue weighted by Gasteiger charge is 2.25. The van der Waals surface area contributed by atoms with Crippen LogP contribution in [0, 0.1) is 5.92 Å². The maximum Gasteiger partial charge on any atom is 0.318 e. The molecule has 2 amide bonds. The second kappa shape index (κ2) is 9.55. The lowest BCUT2D eigenvalue weighted by molar-refractivity contribution is -0.141. The van der Waals surface area contributed by atoms with Crippen LogP contribution in [0.1, 0.15) is 20.8 Å². The van der Waals surface area contributed by atoms with Crippen LogP contribution in [0.5, 0.6) is 0 Å². The van der Waals surface area contributed by atoms with Crippen molar-refractivity contribution >= 4 is 12.0 Å². The Bertz CT molecular complexity index is 311. The molecule has 0 aromatic rings. The lowest BCUT2D eigenvalue weighted by atomic mass is 10.0. The maximum absolute atomic E-state index is 12.2. The Morgan fingerprint density at radius 2 is 1.80 bits per heavy atom. The first-order chi connectivity index (χ1) is 9.34. The van der Waals surface area contributed by atoms with Crippen molar-refractivity contribution in [2.45, 2.75) is 32.9 Å².